The van der Waals surface area contributed by atoms with E-state index in [1.165, 1.54) is 18.3 Å². The molecule has 0 radical (unpaired) electrons. The zero-order chi connectivity index (χ0) is 11.7. The first-order valence-corrected chi connectivity index (χ1v) is 4.69. The minimum absolute atomic E-state index is 0.143. The van der Waals surface area contributed by atoms with Crippen molar-refractivity contribution in [2.45, 2.75) is 0 Å². The normalized spacial score (nSPS) is 10.4. The van der Waals surface area contributed by atoms with E-state index in [-0.39, 0.29) is 16.5 Å². The predicted molar refractivity (Wildman–Crippen MR) is 56.8 cm³/mol. The Balaban J connectivity index is 2.60. The summed E-state index contributed by atoms with van der Waals surface area (Å²) in [6.45, 7) is 0. The lowest BCUT2D eigenvalue weighted by Crippen LogP contribution is -1.96. The molecule has 0 aromatic carbocycles. The van der Waals surface area contributed by atoms with E-state index in [0.717, 1.165) is 6.07 Å². The minimum atomic E-state index is -0.923. The van der Waals surface area contributed by atoms with E-state index in [4.69, 9.17) is 17.3 Å². The van der Waals surface area contributed by atoms with Crippen LogP contribution in [0.25, 0.3) is 11.3 Å². The Bertz CT molecular complexity index is 546. The van der Waals surface area contributed by atoms with Crippen molar-refractivity contribution in [1.29, 1.82) is 0 Å². The second kappa shape index (κ2) is 4.02. The number of rotatable bonds is 1. The molecule has 2 aromatic heterocycles. The highest BCUT2D eigenvalue weighted by Gasteiger charge is 2.12. The first kappa shape index (κ1) is 10.8. The Morgan fingerprint density at radius 1 is 1.25 bits per heavy atom. The maximum Gasteiger partial charge on any atom is 0.232 e. The van der Waals surface area contributed by atoms with Crippen LogP contribution < -0.4 is 5.73 Å². The lowest BCUT2D eigenvalue weighted by Gasteiger charge is -2.04. The zero-order valence-corrected chi connectivity index (χ0v) is 8.67. The molecule has 2 N–H and O–H groups in total. The van der Waals surface area contributed by atoms with Crippen LogP contribution in [0.3, 0.4) is 0 Å². The fraction of sp³-hybridized carbons (Fsp3) is 0. The van der Waals surface area contributed by atoms with Crippen molar-refractivity contribution < 1.29 is 8.78 Å². The molecule has 3 nitrogen and oxygen atoms in total. The van der Waals surface area contributed by atoms with Crippen molar-refractivity contribution in [3.63, 3.8) is 0 Å². The molecular weight excluding hydrogens is 236 g/mol. The van der Waals surface area contributed by atoms with Crippen LogP contribution in [0.1, 0.15) is 0 Å². The van der Waals surface area contributed by atoms with Crippen LogP contribution in [0.15, 0.2) is 24.4 Å². The third kappa shape index (κ3) is 1.94. The highest BCUT2D eigenvalue weighted by Crippen LogP contribution is 2.25. The molecule has 16 heavy (non-hydrogen) atoms. The largest absolute Gasteiger partial charge is 0.384 e. The summed E-state index contributed by atoms with van der Waals surface area (Å²) in [5, 5.41) is -0.358. The molecule has 0 amide bonds. The van der Waals surface area contributed by atoms with E-state index in [9.17, 15) is 8.78 Å². The molecule has 0 saturated carbocycles. The summed E-state index contributed by atoms with van der Waals surface area (Å²) in [5.41, 5.74) is 5.64. The van der Waals surface area contributed by atoms with E-state index in [1.54, 1.807) is 0 Å². The number of anilines is 1. The van der Waals surface area contributed by atoms with E-state index in [0.29, 0.717) is 5.56 Å². The van der Waals surface area contributed by atoms with Gasteiger partial charge < -0.3 is 5.73 Å². The van der Waals surface area contributed by atoms with E-state index < -0.39 is 11.8 Å². The first-order chi connectivity index (χ1) is 7.58. The molecule has 0 aliphatic rings. The molecule has 6 heteroatoms. The lowest BCUT2D eigenvalue weighted by atomic mass is 10.1. The van der Waals surface area contributed by atoms with Gasteiger partial charge in [0.1, 0.15) is 11.5 Å². The van der Waals surface area contributed by atoms with Gasteiger partial charge in [0.25, 0.3) is 0 Å². The van der Waals surface area contributed by atoms with Gasteiger partial charge in [0.15, 0.2) is 5.82 Å². The third-order valence-corrected chi connectivity index (χ3v) is 2.21. The average molecular weight is 242 g/mol. The van der Waals surface area contributed by atoms with Crippen molar-refractivity contribution in [3.8, 4) is 11.3 Å². The van der Waals surface area contributed by atoms with Crippen LogP contribution in [0, 0.1) is 11.8 Å². The van der Waals surface area contributed by atoms with Crippen LogP contribution in [0.4, 0.5) is 14.6 Å². The standard InChI is InChI=1S/C10H6ClF2N3/c11-6-4-7(12)9(16-10(6)13)5-1-2-15-8(14)3-5/h1-4H,(H2,14,15). The molecule has 0 aliphatic heterocycles. The molecule has 82 valence electrons. The molecule has 2 rings (SSSR count). The number of halogens is 3. The molecule has 0 aliphatic carbocycles. The molecule has 0 fully saturated rings. The third-order valence-electron chi connectivity index (χ3n) is 1.94. The predicted octanol–water partition coefficient (Wildman–Crippen LogP) is 2.66. The maximum atomic E-state index is 13.5. The summed E-state index contributed by atoms with van der Waals surface area (Å²) in [6.07, 6.45) is 1.39. The van der Waals surface area contributed by atoms with Gasteiger partial charge in [-0.25, -0.2) is 14.4 Å². The molecule has 0 unspecified atom stereocenters. The summed E-state index contributed by atoms with van der Waals surface area (Å²) in [5.74, 6) is -1.43. The molecule has 2 heterocycles. The van der Waals surface area contributed by atoms with Gasteiger partial charge in [-0.05, 0) is 18.2 Å². The van der Waals surface area contributed by atoms with E-state index in [1.807, 2.05) is 0 Å². The van der Waals surface area contributed by atoms with Gasteiger partial charge in [-0.1, -0.05) is 11.6 Å². The lowest BCUT2D eigenvalue weighted by molar-refractivity contribution is 0.564. The smallest absolute Gasteiger partial charge is 0.232 e. The van der Waals surface area contributed by atoms with Crippen molar-refractivity contribution >= 4 is 17.4 Å². The van der Waals surface area contributed by atoms with Crippen molar-refractivity contribution in [2.24, 2.45) is 0 Å². The summed E-state index contributed by atoms with van der Waals surface area (Å²) in [6, 6.07) is 3.75. The number of nitrogens with zero attached hydrogens (tertiary/aromatic N) is 2. The van der Waals surface area contributed by atoms with E-state index >= 15 is 0 Å². The van der Waals surface area contributed by atoms with Crippen LogP contribution in [0.5, 0.6) is 0 Å². The minimum Gasteiger partial charge on any atom is -0.384 e. The second-order valence-corrected chi connectivity index (χ2v) is 3.47. The van der Waals surface area contributed by atoms with E-state index in [2.05, 4.69) is 9.97 Å². The Hall–Kier alpha value is -1.75. The number of aromatic nitrogens is 2. The van der Waals surface area contributed by atoms with Crippen molar-refractivity contribution in [2.75, 3.05) is 5.73 Å². The van der Waals surface area contributed by atoms with Crippen LogP contribution in [-0.4, -0.2) is 9.97 Å². The van der Waals surface area contributed by atoms with Gasteiger partial charge in [0, 0.05) is 11.8 Å². The summed E-state index contributed by atoms with van der Waals surface area (Å²) < 4.78 is 26.6. The molecule has 0 saturated heterocycles. The zero-order valence-electron chi connectivity index (χ0n) is 7.92. The van der Waals surface area contributed by atoms with Crippen LogP contribution in [0.2, 0.25) is 5.02 Å². The maximum absolute atomic E-state index is 13.5. The highest BCUT2D eigenvalue weighted by molar-refractivity contribution is 6.30. The number of nitrogens with two attached hydrogens (primary N) is 1. The number of hydrogen-bond acceptors (Lipinski definition) is 3. The Kier molecular flexibility index (Phi) is 2.70. The molecule has 0 bridgehead atoms. The van der Waals surface area contributed by atoms with Gasteiger partial charge in [0.2, 0.25) is 5.95 Å². The summed E-state index contributed by atoms with van der Waals surface area (Å²) >= 11 is 5.39. The fourth-order valence-corrected chi connectivity index (χ4v) is 1.38. The quantitative estimate of drug-likeness (QED) is 0.781. The SMILES string of the molecule is Nc1cc(-c2nc(F)c(Cl)cc2F)ccn1. The van der Waals surface area contributed by atoms with Crippen molar-refractivity contribution in [1.82, 2.24) is 9.97 Å². The topological polar surface area (TPSA) is 51.8 Å². The molecular formula is C10H6ClF2N3. The van der Waals surface area contributed by atoms with Gasteiger partial charge in [0.05, 0.1) is 5.02 Å². The Morgan fingerprint density at radius 2 is 2.00 bits per heavy atom. The summed E-state index contributed by atoms with van der Waals surface area (Å²) in [4.78, 5) is 7.17. The van der Waals surface area contributed by atoms with Gasteiger partial charge in [-0.15, -0.1) is 0 Å². The average Bonchev–Trinajstić information content (AvgIpc) is 2.23. The Labute approximate surface area is 94.9 Å². The number of hydrogen-bond donors (Lipinski definition) is 1. The van der Waals surface area contributed by atoms with Gasteiger partial charge in [-0.2, -0.15) is 4.39 Å². The monoisotopic (exact) mass is 241 g/mol. The second-order valence-electron chi connectivity index (χ2n) is 3.06. The fourth-order valence-electron chi connectivity index (χ4n) is 1.24. The molecule has 0 atom stereocenters. The highest BCUT2D eigenvalue weighted by atomic mass is 35.5. The molecule has 2 aromatic rings. The van der Waals surface area contributed by atoms with Gasteiger partial charge >= 0.3 is 0 Å². The number of nitrogen functional groups attached to an aromatic ring is 1. The number of pyridine rings is 2. The molecule has 0 spiro atoms. The van der Waals surface area contributed by atoms with Crippen LogP contribution >= 0.6 is 11.6 Å². The Morgan fingerprint density at radius 3 is 2.69 bits per heavy atom. The van der Waals surface area contributed by atoms with Crippen LogP contribution in [-0.2, 0) is 0 Å². The first-order valence-electron chi connectivity index (χ1n) is 4.31. The summed E-state index contributed by atoms with van der Waals surface area (Å²) in [7, 11) is 0. The van der Waals surface area contributed by atoms with Crippen molar-refractivity contribution in [3.05, 3.63) is 41.2 Å². The van der Waals surface area contributed by atoms with Gasteiger partial charge in [-0.3, -0.25) is 0 Å².